The molecule has 0 aliphatic carbocycles. The van der Waals surface area contributed by atoms with Crippen LogP contribution in [0.4, 0.5) is 0 Å². The zero-order valence-corrected chi connectivity index (χ0v) is 12.7. The zero-order chi connectivity index (χ0) is 13.6. The van der Waals surface area contributed by atoms with Crippen molar-refractivity contribution in [2.45, 2.75) is 18.4 Å². The number of likely N-dealkylation sites (N-methyl/N-ethyl adjacent to an activating group) is 1. The summed E-state index contributed by atoms with van der Waals surface area (Å²) < 4.78 is 26.9. The van der Waals surface area contributed by atoms with E-state index in [4.69, 9.17) is 0 Å². The summed E-state index contributed by atoms with van der Waals surface area (Å²) in [5.74, 6) is 0. The number of hydrogen-bond donors (Lipinski definition) is 2. The first-order valence-electron chi connectivity index (χ1n) is 5.90. The van der Waals surface area contributed by atoms with Crippen LogP contribution >= 0.6 is 11.3 Å². The van der Waals surface area contributed by atoms with E-state index >= 15 is 0 Å². The molecule has 0 unspecified atom stereocenters. The second-order valence-corrected chi connectivity index (χ2v) is 6.77. The summed E-state index contributed by atoms with van der Waals surface area (Å²) in [5, 5.41) is 4.78. The highest BCUT2D eigenvalue weighted by Crippen LogP contribution is 2.21. The van der Waals surface area contributed by atoms with E-state index in [1.807, 2.05) is 14.0 Å². The Balaban J connectivity index is 2.65. The number of hydrogen-bond acceptors (Lipinski definition) is 5. The first kappa shape index (κ1) is 15.6. The molecular formula is C11H21N3O2S2. The number of nitrogens with one attached hydrogen (secondary N) is 2. The van der Waals surface area contributed by atoms with Crippen LogP contribution in [0.25, 0.3) is 0 Å². The van der Waals surface area contributed by atoms with E-state index < -0.39 is 10.0 Å². The van der Waals surface area contributed by atoms with E-state index in [1.54, 1.807) is 18.5 Å². The fraction of sp³-hybridized carbons (Fsp3) is 0.636. The van der Waals surface area contributed by atoms with Crippen molar-refractivity contribution in [3.8, 4) is 0 Å². The summed E-state index contributed by atoms with van der Waals surface area (Å²) in [6.07, 6.45) is 0. The van der Waals surface area contributed by atoms with E-state index in [0.29, 0.717) is 24.5 Å². The molecular weight excluding hydrogens is 270 g/mol. The van der Waals surface area contributed by atoms with Crippen molar-refractivity contribution in [1.29, 1.82) is 0 Å². The van der Waals surface area contributed by atoms with E-state index in [-0.39, 0.29) is 0 Å². The third-order valence-electron chi connectivity index (χ3n) is 2.66. The minimum atomic E-state index is -3.38. The number of thiophene rings is 1. The maximum Gasteiger partial charge on any atom is 0.241 e. The Hall–Kier alpha value is -0.470. The molecule has 0 aliphatic rings. The maximum absolute atomic E-state index is 12.1. The van der Waals surface area contributed by atoms with Crippen molar-refractivity contribution in [2.24, 2.45) is 0 Å². The van der Waals surface area contributed by atoms with Crippen LogP contribution in [0.15, 0.2) is 16.3 Å². The second-order valence-electron chi connectivity index (χ2n) is 4.03. The summed E-state index contributed by atoms with van der Waals surface area (Å²) in [5.41, 5.74) is 0. The smallest absolute Gasteiger partial charge is 0.241 e. The average Bonchev–Trinajstić information content (AvgIpc) is 2.78. The molecule has 0 aliphatic heterocycles. The molecule has 1 heterocycles. The number of rotatable bonds is 8. The largest absolute Gasteiger partial charge is 0.315 e. The molecule has 0 bridgehead atoms. The molecule has 1 aromatic heterocycles. The number of nitrogens with zero attached hydrogens (tertiary/aromatic N) is 1. The molecule has 1 rings (SSSR count). The summed E-state index contributed by atoms with van der Waals surface area (Å²) in [6.45, 7) is 4.66. The predicted octanol–water partition coefficient (Wildman–Crippen LogP) is 0.698. The van der Waals surface area contributed by atoms with Crippen LogP contribution in [0.1, 0.15) is 11.8 Å². The van der Waals surface area contributed by atoms with Crippen molar-refractivity contribution in [1.82, 2.24) is 14.9 Å². The van der Waals surface area contributed by atoms with Crippen molar-refractivity contribution in [2.75, 3.05) is 33.7 Å². The van der Waals surface area contributed by atoms with Crippen LogP contribution in [0.2, 0.25) is 0 Å². The van der Waals surface area contributed by atoms with Gasteiger partial charge in [0, 0.05) is 24.5 Å². The normalized spacial score (nSPS) is 12.2. The molecule has 2 N–H and O–H groups in total. The topological polar surface area (TPSA) is 61.4 Å². The van der Waals surface area contributed by atoms with Crippen molar-refractivity contribution >= 4 is 21.4 Å². The average molecular weight is 291 g/mol. The quantitative estimate of drug-likeness (QED) is 0.740. The molecule has 0 atom stereocenters. The second kappa shape index (κ2) is 7.20. The summed E-state index contributed by atoms with van der Waals surface area (Å²) >= 11 is 1.45. The first-order valence-corrected chi connectivity index (χ1v) is 8.26. The van der Waals surface area contributed by atoms with Gasteiger partial charge in [0.2, 0.25) is 10.0 Å². The molecule has 0 saturated heterocycles. The molecule has 1 aromatic rings. The molecule has 104 valence electrons. The molecule has 0 amide bonds. The fourth-order valence-electron chi connectivity index (χ4n) is 1.46. The highest BCUT2D eigenvalue weighted by molar-refractivity contribution is 7.89. The molecule has 7 heteroatoms. The lowest BCUT2D eigenvalue weighted by atomic mass is 10.5. The summed E-state index contributed by atoms with van der Waals surface area (Å²) in [7, 11) is 0.389. The summed E-state index contributed by atoms with van der Waals surface area (Å²) in [6, 6.07) is 1.66. The molecule has 0 aromatic carbocycles. The van der Waals surface area contributed by atoms with Crippen LogP contribution in [-0.2, 0) is 16.6 Å². The molecule has 0 radical (unpaired) electrons. The van der Waals surface area contributed by atoms with Crippen LogP contribution in [0.5, 0.6) is 0 Å². The first-order chi connectivity index (χ1) is 8.51. The highest BCUT2D eigenvalue weighted by Gasteiger charge is 2.18. The zero-order valence-electron chi connectivity index (χ0n) is 11.1. The Morgan fingerprint density at radius 2 is 2.17 bits per heavy atom. The monoisotopic (exact) mass is 291 g/mol. The fourth-order valence-corrected chi connectivity index (χ4v) is 3.94. The molecule has 0 spiro atoms. The van der Waals surface area contributed by atoms with Crippen molar-refractivity contribution in [3.63, 3.8) is 0 Å². The van der Waals surface area contributed by atoms with Gasteiger partial charge in [-0.1, -0.05) is 6.92 Å². The Morgan fingerprint density at radius 3 is 2.78 bits per heavy atom. The van der Waals surface area contributed by atoms with Gasteiger partial charge in [0.1, 0.15) is 0 Å². The van der Waals surface area contributed by atoms with Crippen LogP contribution in [0, 0.1) is 0 Å². The Morgan fingerprint density at radius 1 is 1.44 bits per heavy atom. The highest BCUT2D eigenvalue weighted by atomic mass is 32.2. The lowest BCUT2D eigenvalue weighted by molar-refractivity contribution is 0.358. The van der Waals surface area contributed by atoms with E-state index in [2.05, 4.69) is 14.9 Å². The van der Waals surface area contributed by atoms with E-state index in [9.17, 15) is 8.42 Å². The SMILES string of the molecule is CCN(C)CCNS(=O)(=O)c1ccsc1CNC. The lowest BCUT2D eigenvalue weighted by Crippen LogP contribution is -2.33. The van der Waals surface area contributed by atoms with Gasteiger partial charge < -0.3 is 10.2 Å². The predicted molar refractivity (Wildman–Crippen MR) is 75.4 cm³/mol. The van der Waals surface area contributed by atoms with Gasteiger partial charge in [-0.15, -0.1) is 11.3 Å². The van der Waals surface area contributed by atoms with Crippen LogP contribution in [0.3, 0.4) is 0 Å². The summed E-state index contributed by atoms with van der Waals surface area (Å²) in [4.78, 5) is 3.29. The van der Waals surface area contributed by atoms with Gasteiger partial charge in [0.05, 0.1) is 4.90 Å². The van der Waals surface area contributed by atoms with Crippen LogP contribution in [-0.4, -0.2) is 47.0 Å². The molecule has 5 nitrogen and oxygen atoms in total. The van der Waals surface area contributed by atoms with Crippen molar-refractivity contribution in [3.05, 3.63) is 16.3 Å². The van der Waals surface area contributed by atoms with Gasteiger partial charge in [-0.05, 0) is 32.1 Å². The molecule has 18 heavy (non-hydrogen) atoms. The molecule has 0 fully saturated rings. The minimum absolute atomic E-state index is 0.390. The van der Waals surface area contributed by atoms with E-state index in [0.717, 1.165) is 11.4 Å². The van der Waals surface area contributed by atoms with Gasteiger partial charge in [-0.3, -0.25) is 0 Å². The van der Waals surface area contributed by atoms with Crippen molar-refractivity contribution < 1.29 is 8.42 Å². The Labute approximate surface area is 113 Å². The van der Waals surface area contributed by atoms with Gasteiger partial charge in [-0.2, -0.15) is 0 Å². The van der Waals surface area contributed by atoms with Gasteiger partial charge in [-0.25, -0.2) is 13.1 Å². The van der Waals surface area contributed by atoms with Gasteiger partial charge >= 0.3 is 0 Å². The van der Waals surface area contributed by atoms with Gasteiger partial charge in [0.25, 0.3) is 0 Å². The van der Waals surface area contributed by atoms with Gasteiger partial charge in [0.15, 0.2) is 0 Å². The molecule has 0 saturated carbocycles. The third kappa shape index (κ3) is 4.33. The Kier molecular flexibility index (Phi) is 6.24. The van der Waals surface area contributed by atoms with Crippen LogP contribution < -0.4 is 10.0 Å². The maximum atomic E-state index is 12.1. The minimum Gasteiger partial charge on any atom is -0.315 e. The lowest BCUT2D eigenvalue weighted by Gasteiger charge is -2.14. The third-order valence-corrected chi connectivity index (χ3v) is 5.25. The van der Waals surface area contributed by atoms with E-state index in [1.165, 1.54) is 11.3 Å². The number of sulfonamides is 1. The standard InChI is InChI=1S/C11H21N3O2S2/c1-4-14(3)7-6-13-18(15,16)11-5-8-17-10(11)9-12-2/h5,8,12-13H,4,6-7,9H2,1-3H3. The Bertz CT molecular complexity index is 457.